The van der Waals surface area contributed by atoms with Crippen LogP contribution in [0.1, 0.15) is 16.8 Å². The zero-order valence-corrected chi connectivity index (χ0v) is 10.4. The van der Waals surface area contributed by atoms with E-state index in [1.165, 1.54) is 0 Å². The molecule has 2 nitrogen and oxygen atoms in total. The lowest BCUT2D eigenvalue weighted by molar-refractivity contribution is 0.0952. The Morgan fingerprint density at radius 3 is 2.31 bits per heavy atom. The van der Waals surface area contributed by atoms with Gasteiger partial charge in [-0.3, -0.25) is 4.79 Å². The summed E-state index contributed by atoms with van der Waals surface area (Å²) in [6, 6.07) is 1.36. The fraction of sp³-hybridized carbons (Fsp3) is 0.300. The summed E-state index contributed by atoms with van der Waals surface area (Å²) in [7, 11) is 0. The Kier molecular flexibility index (Phi) is 5.04. The van der Waals surface area contributed by atoms with Crippen molar-refractivity contribution in [1.82, 2.24) is 5.32 Å². The van der Waals surface area contributed by atoms with Gasteiger partial charge in [0.25, 0.3) is 5.91 Å². The number of rotatable bonds is 4. The van der Waals surface area contributed by atoms with Gasteiger partial charge in [-0.2, -0.15) is 0 Å². The van der Waals surface area contributed by atoms with E-state index in [1.807, 2.05) is 0 Å². The Morgan fingerprint density at radius 2 is 1.81 bits per heavy atom. The van der Waals surface area contributed by atoms with Crippen LogP contribution in [0.4, 0.5) is 13.2 Å². The molecular weight excluding hydrogens is 334 g/mol. The zero-order valence-electron chi connectivity index (χ0n) is 8.20. The van der Waals surface area contributed by atoms with Crippen LogP contribution in [0.15, 0.2) is 12.1 Å². The van der Waals surface area contributed by atoms with E-state index in [2.05, 4.69) is 27.9 Å². The number of halogens is 4. The largest absolute Gasteiger partial charge is 0.352 e. The monoisotopic (exact) mass is 343 g/mol. The molecule has 1 rings (SSSR count). The van der Waals surface area contributed by atoms with Crippen molar-refractivity contribution in [2.75, 3.05) is 11.0 Å². The first-order chi connectivity index (χ1) is 7.56. The third-order valence-corrected chi connectivity index (χ3v) is 2.60. The summed E-state index contributed by atoms with van der Waals surface area (Å²) in [4.78, 5) is 11.4. The number of alkyl halides is 1. The van der Waals surface area contributed by atoms with E-state index in [4.69, 9.17) is 0 Å². The van der Waals surface area contributed by atoms with Crippen molar-refractivity contribution in [3.05, 3.63) is 35.1 Å². The van der Waals surface area contributed by atoms with Crippen LogP contribution in [0.3, 0.4) is 0 Å². The third kappa shape index (κ3) is 3.36. The molecule has 0 atom stereocenters. The molecule has 0 aliphatic carbocycles. The summed E-state index contributed by atoms with van der Waals surface area (Å²) in [5.41, 5.74) is -0.218. The molecule has 0 heterocycles. The molecule has 6 heteroatoms. The summed E-state index contributed by atoms with van der Waals surface area (Å²) in [5, 5.41) is 2.47. The highest BCUT2D eigenvalue weighted by Crippen LogP contribution is 2.13. The fourth-order valence-corrected chi connectivity index (χ4v) is 1.44. The molecule has 0 radical (unpaired) electrons. The minimum Gasteiger partial charge on any atom is -0.352 e. The molecule has 1 aromatic carbocycles. The van der Waals surface area contributed by atoms with Crippen LogP contribution in [0.2, 0.25) is 0 Å². The first kappa shape index (κ1) is 13.3. The lowest BCUT2D eigenvalue weighted by atomic mass is 10.2. The second kappa shape index (κ2) is 6.07. The molecule has 0 aliphatic rings. The van der Waals surface area contributed by atoms with Gasteiger partial charge in [0.05, 0.1) is 0 Å². The second-order valence-electron chi connectivity index (χ2n) is 3.05. The van der Waals surface area contributed by atoms with Crippen LogP contribution < -0.4 is 5.32 Å². The summed E-state index contributed by atoms with van der Waals surface area (Å²) in [5.74, 6) is -4.90. The zero-order chi connectivity index (χ0) is 12.1. The molecular formula is C10H9F3INO. The third-order valence-electron chi connectivity index (χ3n) is 1.84. The van der Waals surface area contributed by atoms with E-state index in [1.54, 1.807) is 0 Å². The Balaban J connectivity index is 2.76. The average Bonchev–Trinajstić information content (AvgIpc) is 2.25. The summed E-state index contributed by atoms with van der Waals surface area (Å²) in [6.45, 7) is 0.419. The van der Waals surface area contributed by atoms with Gasteiger partial charge in [-0.15, -0.1) is 0 Å². The van der Waals surface area contributed by atoms with Gasteiger partial charge in [0.2, 0.25) is 0 Å². The maximum absolute atomic E-state index is 12.8. The second-order valence-corrected chi connectivity index (χ2v) is 4.13. The molecule has 0 saturated carbocycles. The molecule has 0 saturated heterocycles. The summed E-state index contributed by atoms with van der Waals surface area (Å²) in [6.07, 6.45) is 0.762. The van der Waals surface area contributed by atoms with Crippen molar-refractivity contribution in [1.29, 1.82) is 0 Å². The van der Waals surface area contributed by atoms with Gasteiger partial charge in [-0.1, -0.05) is 22.6 Å². The number of nitrogens with one attached hydrogen (secondary N) is 1. The van der Waals surface area contributed by atoms with Gasteiger partial charge < -0.3 is 5.32 Å². The lowest BCUT2D eigenvalue weighted by Gasteiger charge is -2.04. The van der Waals surface area contributed by atoms with E-state index >= 15 is 0 Å². The number of hydrogen-bond donors (Lipinski definition) is 1. The minimum atomic E-state index is -1.57. The van der Waals surface area contributed by atoms with Crippen LogP contribution >= 0.6 is 22.6 Å². The SMILES string of the molecule is O=C(NCCCI)c1cc(F)c(F)c(F)c1. The molecule has 0 fully saturated rings. The van der Waals surface area contributed by atoms with Crippen molar-refractivity contribution in [2.45, 2.75) is 6.42 Å². The normalized spacial score (nSPS) is 10.2. The van der Waals surface area contributed by atoms with Gasteiger partial charge in [0.1, 0.15) is 0 Å². The van der Waals surface area contributed by atoms with E-state index in [-0.39, 0.29) is 5.56 Å². The molecule has 88 valence electrons. The number of carbonyl (C=O) groups is 1. The standard InChI is InChI=1S/C10H9F3INO/c11-7-4-6(5-8(12)9(7)13)10(16)15-3-1-2-14/h4-5H,1-3H2,(H,15,16). The Labute approximate surface area is 104 Å². The lowest BCUT2D eigenvalue weighted by Crippen LogP contribution is -2.25. The summed E-state index contributed by atoms with van der Waals surface area (Å²) < 4.78 is 39.0. The predicted molar refractivity (Wildman–Crippen MR) is 62.2 cm³/mol. The van der Waals surface area contributed by atoms with Gasteiger partial charge in [-0.05, 0) is 18.6 Å². The summed E-state index contributed by atoms with van der Waals surface area (Å²) >= 11 is 2.14. The minimum absolute atomic E-state index is 0.218. The molecule has 1 aromatic rings. The molecule has 0 aliphatic heterocycles. The van der Waals surface area contributed by atoms with Gasteiger partial charge in [0.15, 0.2) is 17.5 Å². The van der Waals surface area contributed by atoms with Gasteiger partial charge in [-0.25, -0.2) is 13.2 Å². The number of benzene rings is 1. The van der Waals surface area contributed by atoms with Crippen molar-refractivity contribution in [3.8, 4) is 0 Å². The van der Waals surface area contributed by atoms with E-state index in [0.717, 1.165) is 10.8 Å². The molecule has 1 amide bonds. The molecule has 0 bridgehead atoms. The molecule has 0 aromatic heterocycles. The molecule has 0 spiro atoms. The van der Waals surface area contributed by atoms with Crippen LogP contribution in [0.5, 0.6) is 0 Å². The topological polar surface area (TPSA) is 29.1 Å². The Bertz CT molecular complexity index is 375. The average molecular weight is 343 g/mol. The van der Waals surface area contributed by atoms with Crippen LogP contribution in [0.25, 0.3) is 0 Å². The van der Waals surface area contributed by atoms with Crippen LogP contribution in [-0.4, -0.2) is 16.9 Å². The fourth-order valence-electron chi connectivity index (χ4n) is 1.06. The van der Waals surface area contributed by atoms with Gasteiger partial charge >= 0.3 is 0 Å². The molecule has 1 N–H and O–H groups in total. The highest BCUT2D eigenvalue weighted by Gasteiger charge is 2.14. The smallest absolute Gasteiger partial charge is 0.251 e. The quantitative estimate of drug-likeness (QED) is 0.387. The Morgan fingerprint density at radius 1 is 1.25 bits per heavy atom. The Hall–Kier alpha value is -0.790. The maximum atomic E-state index is 12.8. The van der Waals surface area contributed by atoms with Crippen molar-refractivity contribution in [2.24, 2.45) is 0 Å². The predicted octanol–water partition coefficient (Wildman–Crippen LogP) is 2.66. The van der Waals surface area contributed by atoms with Crippen molar-refractivity contribution >= 4 is 28.5 Å². The van der Waals surface area contributed by atoms with Crippen molar-refractivity contribution < 1.29 is 18.0 Å². The van der Waals surface area contributed by atoms with Crippen LogP contribution in [0, 0.1) is 17.5 Å². The highest BCUT2D eigenvalue weighted by molar-refractivity contribution is 14.1. The number of amides is 1. The molecule has 0 unspecified atom stereocenters. The first-order valence-electron chi connectivity index (χ1n) is 4.55. The molecule has 16 heavy (non-hydrogen) atoms. The number of carbonyl (C=O) groups excluding carboxylic acids is 1. The van der Waals surface area contributed by atoms with Crippen molar-refractivity contribution in [3.63, 3.8) is 0 Å². The van der Waals surface area contributed by atoms with Crippen LogP contribution in [-0.2, 0) is 0 Å². The maximum Gasteiger partial charge on any atom is 0.251 e. The van der Waals surface area contributed by atoms with Gasteiger partial charge in [0, 0.05) is 16.5 Å². The van der Waals surface area contributed by atoms with E-state index in [0.29, 0.717) is 18.7 Å². The number of hydrogen-bond acceptors (Lipinski definition) is 1. The first-order valence-corrected chi connectivity index (χ1v) is 6.07. The highest BCUT2D eigenvalue weighted by atomic mass is 127. The van der Waals surface area contributed by atoms with E-state index in [9.17, 15) is 18.0 Å². The van der Waals surface area contributed by atoms with E-state index < -0.39 is 23.4 Å².